The average molecular weight is 849 g/mol. The lowest BCUT2D eigenvalue weighted by molar-refractivity contribution is -0.131. The van der Waals surface area contributed by atoms with Crippen LogP contribution in [0.1, 0.15) is 134 Å². The fourth-order valence-electron chi connectivity index (χ4n) is 12.5. The Kier molecular flexibility index (Phi) is 13.4. The number of nitrogens with zero attached hydrogens (tertiary/aromatic N) is 6. The van der Waals surface area contributed by atoms with Gasteiger partial charge in [-0.05, 0) is 119 Å². The quantitative estimate of drug-likeness (QED) is 0.102. The minimum absolute atomic E-state index is 0.0960. The number of anilines is 3. The molecule has 2 unspecified atom stereocenters. The average Bonchev–Trinajstić information content (AvgIpc) is 3.89. The normalized spacial score (nSPS) is 25.6. The largest absolute Gasteiger partial charge is 0.494 e. The van der Waals surface area contributed by atoms with Crippen molar-refractivity contribution in [3.63, 3.8) is 0 Å². The molecule has 12 heteroatoms. The number of benzene rings is 1. The van der Waals surface area contributed by atoms with Gasteiger partial charge in [0.2, 0.25) is 17.8 Å². The number of carbonyl (C=O) groups excluding carboxylic acids is 2. The monoisotopic (exact) mass is 849 g/mol. The number of aryl methyl sites for hydroxylation is 1. The summed E-state index contributed by atoms with van der Waals surface area (Å²) < 4.78 is 7.63. The summed E-state index contributed by atoms with van der Waals surface area (Å²) in [6.45, 7) is 9.27. The van der Waals surface area contributed by atoms with Crippen LogP contribution in [0.3, 0.4) is 0 Å². The second-order valence-corrected chi connectivity index (χ2v) is 20.3. The Morgan fingerprint density at radius 3 is 2.27 bits per heavy atom. The first-order chi connectivity index (χ1) is 30.2. The highest BCUT2D eigenvalue weighted by atomic mass is 16.5. The zero-order valence-corrected chi connectivity index (χ0v) is 37.7. The van der Waals surface area contributed by atoms with E-state index in [2.05, 4.69) is 37.6 Å². The summed E-state index contributed by atoms with van der Waals surface area (Å²) in [6, 6.07) is 7.79. The van der Waals surface area contributed by atoms with E-state index >= 15 is 0 Å². The lowest BCUT2D eigenvalue weighted by Gasteiger charge is -2.36. The smallest absolute Gasteiger partial charge is 0.252 e. The molecule has 62 heavy (non-hydrogen) atoms. The van der Waals surface area contributed by atoms with Crippen molar-refractivity contribution in [2.24, 2.45) is 29.1 Å². The maximum absolute atomic E-state index is 13.4. The third-order valence-corrected chi connectivity index (χ3v) is 15.8. The topological polar surface area (TPSA) is 125 Å². The van der Waals surface area contributed by atoms with E-state index in [0.717, 1.165) is 105 Å². The molecule has 2 amide bonds. The van der Waals surface area contributed by atoms with Crippen LogP contribution >= 0.6 is 0 Å². The van der Waals surface area contributed by atoms with Gasteiger partial charge in [-0.25, -0.2) is 4.98 Å². The van der Waals surface area contributed by atoms with E-state index in [0.29, 0.717) is 41.8 Å². The highest BCUT2D eigenvalue weighted by Crippen LogP contribution is 2.66. The number of aromatic nitrogens is 3. The van der Waals surface area contributed by atoms with Gasteiger partial charge in [0.1, 0.15) is 11.4 Å². The SMILES string of the molecule is COc1cc(N2CCN(CCCCCCCCCCCCNC(=O)CC34CC5CC(CC3C5)C4)CC2)ccc1Nc1ncc2c(C)cc(=O)n([C@H]3CCN(C(=O)C4CC4)C3)c2n1. The molecule has 0 spiro atoms. The number of amides is 2. The third kappa shape index (κ3) is 9.80. The number of fused-ring (bicyclic) bond motifs is 1. The molecule has 7 aliphatic rings. The zero-order valence-electron chi connectivity index (χ0n) is 37.7. The molecule has 336 valence electrons. The second-order valence-electron chi connectivity index (χ2n) is 20.3. The Balaban J connectivity index is 0.648. The summed E-state index contributed by atoms with van der Waals surface area (Å²) >= 11 is 0. The van der Waals surface area contributed by atoms with Crippen LogP contribution in [0, 0.1) is 36.0 Å². The summed E-state index contributed by atoms with van der Waals surface area (Å²) in [6.07, 6.45) is 25.1. The maximum Gasteiger partial charge on any atom is 0.252 e. The second kappa shape index (κ2) is 19.3. The van der Waals surface area contributed by atoms with Gasteiger partial charge in [0.25, 0.3) is 5.56 Å². The molecule has 2 aromatic heterocycles. The first-order valence-electron chi connectivity index (χ1n) is 24.6. The zero-order chi connectivity index (χ0) is 42.6. The summed E-state index contributed by atoms with van der Waals surface area (Å²) in [5, 5.41) is 7.48. The Morgan fingerprint density at radius 2 is 1.56 bits per heavy atom. The third-order valence-electron chi connectivity index (χ3n) is 15.8. The minimum Gasteiger partial charge on any atom is -0.494 e. The molecule has 7 fully saturated rings. The molecule has 5 saturated carbocycles. The van der Waals surface area contributed by atoms with E-state index in [1.165, 1.54) is 96.4 Å². The first kappa shape index (κ1) is 43.1. The van der Waals surface area contributed by atoms with Crippen molar-refractivity contribution in [3.8, 4) is 5.75 Å². The highest BCUT2D eigenvalue weighted by molar-refractivity contribution is 5.82. The molecule has 12 nitrogen and oxygen atoms in total. The van der Waals surface area contributed by atoms with Gasteiger partial charge in [0.05, 0.1) is 18.8 Å². The van der Waals surface area contributed by atoms with Gasteiger partial charge in [0.15, 0.2) is 0 Å². The van der Waals surface area contributed by atoms with Gasteiger partial charge in [-0.15, -0.1) is 0 Å². The molecule has 2 saturated heterocycles. The molecule has 0 radical (unpaired) electrons. The van der Waals surface area contributed by atoms with Crippen LogP contribution in [-0.2, 0) is 9.59 Å². The van der Waals surface area contributed by atoms with Crippen molar-refractivity contribution in [3.05, 3.63) is 46.4 Å². The molecule has 4 heterocycles. The number of rotatable bonds is 21. The summed E-state index contributed by atoms with van der Waals surface area (Å²) in [5.41, 5.74) is 3.62. The van der Waals surface area contributed by atoms with Crippen LogP contribution in [0.5, 0.6) is 5.75 Å². The molecule has 2 aliphatic heterocycles. The molecular formula is C50H72N8O4. The van der Waals surface area contributed by atoms with E-state index < -0.39 is 0 Å². The number of carbonyl (C=O) groups is 2. The van der Waals surface area contributed by atoms with E-state index in [1.807, 2.05) is 17.9 Å². The molecule has 10 rings (SSSR count). The molecular weight excluding hydrogens is 777 g/mol. The van der Waals surface area contributed by atoms with Crippen molar-refractivity contribution in [1.82, 2.24) is 29.7 Å². The molecule has 5 aliphatic carbocycles. The number of methoxy groups -OCH3 is 1. The van der Waals surface area contributed by atoms with Crippen LogP contribution < -0.4 is 25.8 Å². The van der Waals surface area contributed by atoms with Gasteiger partial charge in [0, 0.05) is 87.6 Å². The van der Waals surface area contributed by atoms with Crippen molar-refractivity contribution in [2.75, 3.05) is 69.7 Å². The number of likely N-dealkylation sites (tertiary alicyclic amines) is 1. The van der Waals surface area contributed by atoms with Crippen molar-refractivity contribution in [1.29, 1.82) is 0 Å². The molecule has 1 aromatic carbocycles. The standard InChI is InChI=1S/C50H72N8O4/c1-35-25-46(60)58(41-17-20-57(34-41)48(61)38-13-14-38)47-42(35)33-52-49(54-47)53-43-16-15-40(29-44(43)62-2)56-23-21-55(22-24-56)19-12-10-8-6-4-3-5-7-9-11-18-51-45(59)32-50-30-36-26-37(31-50)28-39(50)27-36/h15-16,25,29,33,36-39,41H,3-14,17-24,26-28,30-32,34H2,1-2H3,(H,51,59)(H,52,53,54)/t36?,37?,39?,41-,50?/m0/s1. The Bertz CT molecular complexity index is 2100. The number of unbranched alkanes of at least 4 members (excludes halogenated alkanes) is 9. The van der Waals surface area contributed by atoms with Crippen LogP contribution in [0.2, 0.25) is 0 Å². The van der Waals surface area contributed by atoms with E-state index in [4.69, 9.17) is 9.72 Å². The van der Waals surface area contributed by atoms with Crippen LogP contribution in [-0.4, -0.2) is 95.6 Å². The Labute approximate surface area is 368 Å². The maximum atomic E-state index is 13.4. The predicted octanol–water partition coefficient (Wildman–Crippen LogP) is 8.39. The summed E-state index contributed by atoms with van der Waals surface area (Å²) in [7, 11) is 1.69. The van der Waals surface area contributed by atoms with Crippen LogP contribution in [0.4, 0.5) is 17.3 Å². The lowest BCUT2D eigenvalue weighted by atomic mass is 9.73. The van der Waals surface area contributed by atoms with Crippen molar-refractivity contribution < 1.29 is 14.3 Å². The lowest BCUT2D eigenvalue weighted by Crippen LogP contribution is -2.46. The van der Waals surface area contributed by atoms with Crippen LogP contribution in [0.15, 0.2) is 35.3 Å². The summed E-state index contributed by atoms with van der Waals surface area (Å²) in [4.78, 5) is 55.4. The fraction of sp³-hybridized carbons (Fsp3) is 0.700. The Hall–Kier alpha value is -4.19. The van der Waals surface area contributed by atoms with Crippen molar-refractivity contribution >= 4 is 40.2 Å². The van der Waals surface area contributed by atoms with Gasteiger partial charge in [-0.3, -0.25) is 23.9 Å². The number of piperazine rings is 1. The number of hydrogen-bond donors (Lipinski definition) is 2. The van der Waals surface area contributed by atoms with Crippen LogP contribution in [0.25, 0.3) is 11.0 Å². The molecule has 3 aromatic rings. The van der Waals surface area contributed by atoms with Crippen molar-refractivity contribution in [2.45, 2.75) is 135 Å². The van der Waals surface area contributed by atoms with Gasteiger partial charge in [-0.1, -0.05) is 51.4 Å². The summed E-state index contributed by atoms with van der Waals surface area (Å²) in [5.74, 6) is 4.55. The van der Waals surface area contributed by atoms with Gasteiger partial charge < -0.3 is 25.2 Å². The Morgan fingerprint density at radius 1 is 0.855 bits per heavy atom. The number of hydrogen-bond acceptors (Lipinski definition) is 9. The molecule has 3 atom stereocenters. The van der Waals surface area contributed by atoms with E-state index in [-0.39, 0.29) is 23.4 Å². The predicted molar refractivity (Wildman–Crippen MR) is 246 cm³/mol. The highest BCUT2D eigenvalue weighted by Gasteiger charge is 2.58. The number of nitrogens with one attached hydrogen (secondary N) is 2. The number of pyridine rings is 1. The molecule has 4 bridgehead atoms. The fourth-order valence-corrected chi connectivity index (χ4v) is 12.5. The van der Waals surface area contributed by atoms with E-state index in [9.17, 15) is 14.4 Å². The first-order valence-corrected chi connectivity index (χ1v) is 24.6. The van der Waals surface area contributed by atoms with Gasteiger partial charge in [-0.2, -0.15) is 4.98 Å². The van der Waals surface area contributed by atoms with Gasteiger partial charge >= 0.3 is 0 Å². The molecule has 2 N–H and O–H groups in total. The van der Waals surface area contributed by atoms with E-state index in [1.54, 1.807) is 23.9 Å². The number of ether oxygens (including phenoxy) is 1. The minimum atomic E-state index is -0.115.